The summed E-state index contributed by atoms with van der Waals surface area (Å²) in [6, 6.07) is 54.2. The summed E-state index contributed by atoms with van der Waals surface area (Å²) in [6.45, 7) is 0. The van der Waals surface area contributed by atoms with Crippen molar-refractivity contribution in [2.24, 2.45) is 23.7 Å². The molecule has 4 bridgehead atoms. The molecule has 0 aromatic heterocycles. The van der Waals surface area contributed by atoms with E-state index in [-0.39, 0.29) is 16.9 Å². The van der Waals surface area contributed by atoms with Gasteiger partial charge in [0.2, 0.25) is 0 Å². The van der Waals surface area contributed by atoms with E-state index < -0.39 is 0 Å². The molecular formula is C57H51N. The van der Waals surface area contributed by atoms with E-state index in [1.54, 1.807) is 22.3 Å². The van der Waals surface area contributed by atoms with Gasteiger partial charge in [-0.3, -0.25) is 0 Å². The van der Waals surface area contributed by atoms with Gasteiger partial charge < -0.3 is 4.90 Å². The van der Waals surface area contributed by atoms with Crippen molar-refractivity contribution >= 4 is 16.9 Å². The van der Waals surface area contributed by atoms with Gasteiger partial charge in [0, 0.05) is 22.2 Å². The SMILES string of the molecule is C1=CC(N(c2ccccc2)c2ccc(-c3ccc4c(c3)C3(CCCCC3)c3ccccc3-4)cc2)CC=C1c1ccc2c(c1)C1(c3ccccc3-2)C2CC3CC(C2)C1C3. The van der Waals surface area contributed by atoms with Crippen molar-refractivity contribution in [3.63, 3.8) is 0 Å². The van der Waals surface area contributed by atoms with Gasteiger partial charge in [0.15, 0.2) is 0 Å². The van der Waals surface area contributed by atoms with E-state index in [0.717, 1.165) is 30.1 Å². The van der Waals surface area contributed by atoms with Gasteiger partial charge in [0.25, 0.3) is 0 Å². The zero-order valence-electron chi connectivity index (χ0n) is 33.4. The van der Waals surface area contributed by atoms with Gasteiger partial charge in [0.05, 0.1) is 6.04 Å². The third-order valence-corrected chi connectivity index (χ3v) is 16.6. The van der Waals surface area contributed by atoms with Gasteiger partial charge in [-0.05, 0) is 172 Å². The number of fused-ring (bicyclic) bond motifs is 8. The standard InChI is InChI=1S/C57H51N/c1-3-11-44(12-4-1)58(45-23-17-38(18-24-45)40-21-27-49-47-13-5-7-15-51(47)56(54(49)35-40)29-9-2-10-30-56)46-25-19-39(20-26-46)41-22-28-50-48-14-6-8-16-52(48)57(55(50)36-41)43-32-37-31-42(34-43)53(57)33-37/h1,3-8,11-25,27-28,35-37,42-43,46,53H,2,9-10,26,29-34H2. The van der Waals surface area contributed by atoms with E-state index >= 15 is 0 Å². The van der Waals surface area contributed by atoms with Crippen molar-refractivity contribution in [1.29, 1.82) is 0 Å². The molecule has 6 unspecified atom stereocenters. The Kier molecular flexibility index (Phi) is 7.26. The number of allylic oxidation sites excluding steroid dienone is 2. The predicted octanol–water partition coefficient (Wildman–Crippen LogP) is 14.5. The molecule has 1 nitrogen and oxygen atoms in total. The summed E-state index contributed by atoms with van der Waals surface area (Å²) in [4.78, 5) is 2.55. The lowest BCUT2D eigenvalue weighted by Gasteiger charge is -2.44. The Morgan fingerprint density at radius 3 is 1.93 bits per heavy atom. The molecule has 5 saturated carbocycles. The van der Waals surface area contributed by atoms with E-state index in [4.69, 9.17) is 0 Å². The summed E-state index contributed by atoms with van der Waals surface area (Å²) >= 11 is 0. The molecule has 0 aliphatic heterocycles. The lowest BCUT2D eigenvalue weighted by atomic mass is 9.59. The molecule has 6 aromatic rings. The van der Waals surface area contributed by atoms with Crippen LogP contribution in [0.1, 0.15) is 92.0 Å². The van der Waals surface area contributed by atoms with Gasteiger partial charge in [-0.15, -0.1) is 0 Å². The molecule has 0 amide bonds. The molecule has 0 radical (unpaired) electrons. The monoisotopic (exact) mass is 749 g/mol. The van der Waals surface area contributed by atoms with E-state index in [9.17, 15) is 0 Å². The fraction of sp³-hybridized carbons (Fsp3) is 0.298. The second-order valence-electron chi connectivity index (χ2n) is 19.1. The van der Waals surface area contributed by atoms with Gasteiger partial charge in [-0.25, -0.2) is 0 Å². The number of anilines is 2. The second-order valence-corrected chi connectivity index (χ2v) is 19.1. The molecule has 0 N–H and O–H groups in total. The Balaban J connectivity index is 0.814. The smallest absolute Gasteiger partial charge is 0.0560 e. The van der Waals surface area contributed by atoms with Gasteiger partial charge in [-0.2, -0.15) is 0 Å². The molecule has 8 aliphatic rings. The maximum absolute atomic E-state index is 2.64. The number of nitrogens with zero attached hydrogens (tertiary/aromatic N) is 1. The van der Waals surface area contributed by atoms with Crippen molar-refractivity contribution in [2.45, 2.75) is 81.1 Å². The molecule has 6 aromatic carbocycles. The molecule has 58 heavy (non-hydrogen) atoms. The second kappa shape index (κ2) is 12.6. The summed E-state index contributed by atoms with van der Waals surface area (Å²) in [5, 5.41) is 0. The highest BCUT2D eigenvalue weighted by atomic mass is 15.2. The van der Waals surface area contributed by atoms with Crippen LogP contribution in [0, 0.1) is 23.7 Å². The van der Waals surface area contributed by atoms with E-state index in [1.165, 1.54) is 114 Å². The minimum absolute atomic E-state index is 0.173. The molecule has 2 spiro atoms. The first kappa shape index (κ1) is 33.6. The topological polar surface area (TPSA) is 3.24 Å². The third kappa shape index (κ3) is 4.59. The number of hydrogen-bond donors (Lipinski definition) is 0. The molecule has 14 rings (SSSR count). The number of hydrogen-bond acceptors (Lipinski definition) is 1. The highest BCUT2D eigenvalue weighted by molar-refractivity contribution is 5.87. The van der Waals surface area contributed by atoms with Crippen molar-refractivity contribution in [3.8, 4) is 33.4 Å². The fourth-order valence-corrected chi connectivity index (χ4v) is 14.4. The van der Waals surface area contributed by atoms with Gasteiger partial charge >= 0.3 is 0 Å². The van der Waals surface area contributed by atoms with Crippen LogP contribution in [0.5, 0.6) is 0 Å². The summed E-state index contributed by atoms with van der Waals surface area (Å²) in [5.74, 6) is 3.49. The zero-order valence-corrected chi connectivity index (χ0v) is 33.4. The van der Waals surface area contributed by atoms with Crippen LogP contribution in [-0.2, 0) is 10.8 Å². The van der Waals surface area contributed by atoms with Crippen LogP contribution < -0.4 is 4.90 Å². The number of rotatable bonds is 5. The molecule has 1 heteroatoms. The highest BCUT2D eigenvalue weighted by Crippen LogP contribution is 2.73. The molecule has 0 saturated heterocycles. The summed E-state index contributed by atoms with van der Waals surface area (Å²) in [5.41, 5.74) is 20.6. The Morgan fingerprint density at radius 1 is 0.500 bits per heavy atom. The molecule has 5 fully saturated rings. The van der Waals surface area contributed by atoms with E-state index in [0.29, 0.717) is 0 Å². The van der Waals surface area contributed by atoms with Crippen molar-refractivity contribution in [2.75, 3.05) is 4.90 Å². The Bertz CT molecular complexity index is 2670. The zero-order chi connectivity index (χ0) is 38.0. The molecule has 6 atom stereocenters. The first-order valence-electron chi connectivity index (χ1n) is 22.5. The van der Waals surface area contributed by atoms with Crippen LogP contribution in [0.25, 0.3) is 39.0 Å². The third-order valence-electron chi connectivity index (χ3n) is 16.6. The Hall–Kier alpha value is -5.40. The molecule has 284 valence electrons. The number of para-hydroxylation sites is 1. The lowest BCUT2D eigenvalue weighted by Crippen LogP contribution is -2.40. The molecular weight excluding hydrogens is 699 g/mol. The lowest BCUT2D eigenvalue weighted by molar-refractivity contribution is 0.191. The maximum atomic E-state index is 2.64. The minimum atomic E-state index is 0.173. The average Bonchev–Trinajstić information content (AvgIpc) is 3.92. The van der Waals surface area contributed by atoms with Crippen LogP contribution in [0.2, 0.25) is 0 Å². The highest BCUT2D eigenvalue weighted by Gasteiger charge is 2.66. The van der Waals surface area contributed by atoms with Crippen LogP contribution in [0.4, 0.5) is 11.4 Å². The Morgan fingerprint density at radius 2 is 1.16 bits per heavy atom. The Labute approximate surface area is 344 Å². The van der Waals surface area contributed by atoms with Crippen molar-refractivity contribution < 1.29 is 0 Å². The van der Waals surface area contributed by atoms with E-state index in [1.807, 2.05) is 0 Å². The number of benzene rings is 6. The summed E-state index contributed by atoms with van der Waals surface area (Å²) in [6.07, 6.45) is 20.7. The van der Waals surface area contributed by atoms with Crippen molar-refractivity contribution in [1.82, 2.24) is 0 Å². The molecule has 8 aliphatic carbocycles. The van der Waals surface area contributed by atoms with Crippen LogP contribution in [0.15, 0.2) is 158 Å². The summed E-state index contributed by atoms with van der Waals surface area (Å²) in [7, 11) is 0. The van der Waals surface area contributed by atoms with Crippen LogP contribution in [0.3, 0.4) is 0 Å². The van der Waals surface area contributed by atoms with Crippen LogP contribution >= 0.6 is 0 Å². The maximum Gasteiger partial charge on any atom is 0.0560 e. The van der Waals surface area contributed by atoms with Crippen LogP contribution in [-0.4, -0.2) is 6.04 Å². The normalized spacial score (nSPS) is 27.4. The van der Waals surface area contributed by atoms with Gasteiger partial charge in [0.1, 0.15) is 0 Å². The first-order chi connectivity index (χ1) is 28.7. The first-order valence-corrected chi connectivity index (χ1v) is 22.5. The quantitative estimate of drug-likeness (QED) is 0.170. The summed E-state index contributed by atoms with van der Waals surface area (Å²) < 4.78 is 0. The average molecular weight is 750 g/mol. The fourth-order valence-electron chi connectivity index (χ4n) is 14.4. The predicted molar refractivity (Wildman–Crippen MR) is 240 cm³/mol. The molecule has 0 heterocycles. The van der Waals surface area contributed by atoms with Gasteiger partial charge in [-0.1, -0.05) is 141 Å². The minimum Gasteiger partial charge on any atom is -0.334 e. The van der Waals surface area contributed by atoms with E-state index in [2.05, 4.69) is 163 Å². The largest absolute Gasteiger partial charge is 0.334 e. The van der Waals surface area contributed by atoms with Crippen molar-refractivity contribution in [3.05, 3.63) is 186 Å².